The molecule has 7 nitrogen and oxygen atoms in total. The van der Waals surface area contributed by atoms with Crippen molar-refractivity contribution in [3.05, 3.63) is 35.9 Å². The highest BCUT2D eigenvalue weighted by molar-refractivity contribution is 7.99. The number of phenolic OH excluding ortho intramolecular Hbond substituents is 1. The molecular weight excluding hydrogens is 388 g/mol. The number of imidazole rings is 1. The summed E-state index contributed by atoms with van der Waals surface area (Å²) in [4.78, 5) is 26.3. The van der Waals surface area contributed by atoms with Gasteiger partial charge in [-0.3, -0.25) is 0 Å². The van der Waals surface area contributed by atoms with E-state index in [9.17, 15) is 9.90 Å². The third-order valence-electron chi connectivity index (χ3n) is 4.76. The molecule has 0 aliphatic heterocycles. The fourth-order valence-corrected chi connectivity index (χ4v) is 4.05. The molecule has 2 N–H and O–H groups in total. The Morgan fingerprint density at radius 1 is 1.28 bits per heavy atom. The van der Waals surface area contributed by atoms with Crippen molar-refractivity contribution in [2.75, 3.05) is 12.4 Å². The smallest absolute Gasteiger partial charge is 0.181 e. The molecule has 3 rings (SSSR count). The minimum Gasteiger partial charge on any atom is -0.507 e. The molecule has 2 aromatic heterocycles. The zero-order valence-corrected chi connectivity index (χ0v) is 17.5. The number of phenols is 1. The Bertz CT molecular complexity index is 960. The van der Waals surface area contributed by atoms with Gasteiger partial charge < -0.3 is 19.6 Å². The molecule has 3 aromatic rings. The minimum atomic E-state index is 0.208. The number of rotatable bonds is 11. The van der Waals surface area contributed by atoms with Crippen molar-refractivity contribution >= 4 is 29.2 Å². The van der Waals surface area contributed by atoms with Crippen LogP contribution in [0.1, 0.15) is 37.3 Å². The van der Waals surface area contributed by atoms with Crippen LogP contribution in [0.25, 0.3) is 11.2 Å². The highest BCUT2D eigenvalue weighted by atomic mass is 32.2. The highest BCUT2D eigenvalue weighted by Gasteiger charge is 2.13. The Labute approximate surface area is 174 Å². The van der Waals surface area contributed by atoms with E-state index in [0.717, 1.165) is 46.6 Å². The molecule has 0 saturated heterocycles. The number of thioether (sulfide) groups is 1. The number of nitrogens with one attached hydrogen (secondary N) is 1. The summed E-state index contributed by atoms with van der Waals surface area (Å²) in [5.74, 6) is 2.10. The number of aldehydes is 1. The van der Waals surface area contributed by atoms with E-state index in [1.54, 1.807) is 18.1 Å². The molecule has 154 valence electrons. The van der Waals surface area contributed by atoms with Gasteiger partial charge >= 0.3 is 0 Å². The van der Waals surface area contributed by atoms with E-state index in [-0.39, 0.29) is 11.7 Å². The monoisotopic (exact) mass is 414 g/mol. The van der Waals surface area contributed by atoms with Crippen LogP contribution in [0.5, 0.6) is 11.5 Å². The number of nitrogens with zero attached hydrogens (tertiary/aromatic N) is 3. The van der Waals surface area contributed by atoms with Crippen molar-refractivity contribution in [2.45, 2.75) is 44.6 Å². The Morgan fingerprint density at radius 3 is 2.97 bits per heavy atom. The van der Waals surface area contributed by atoms with Gasteiger partial charge in [-0.1, -0.05) is 13.0 Å². The SMILES string of the molecule is Cc1c(OCCCCSc2ncnc3nc[nH]c23)ccc(CC(C)CC=O)c1O. The molecule has 29 heavy (non-hydrogen) atoms. The number of carbonyl (C=O) groups is 1. The van der Waals surface area contributed by atoms with Crippen molar-refractivity contribution in [2.24, 2.45) is 5.92 Å². The summed E-state index contributed by atoms with van der Waals surface area (Å²) in [7, 11) is 0. The van der Waals surface area contributed by atoms with Crippen LogP contribution in [-0.4, -0.2) is 43.7 Å². The number of hydrogen-bond acceptors (Lipinski definition) is 7. The largest absolute Gasteiger partial charge is 0.507 e. The number of hydrogen-bond donors (Lipinski definition) is 2. The Morgan fingerprint density at radius 2 is 2.14 bits per heavy atom. The molecule has 1 unspecified atom stereocenters. The van der Waals surface area contributed by atoms with Crippen molar-refractivity contribution in [3.63, 3.8) is 0 Å². The molecule has 0 saturated carbocycles. The molecule has 1 atom stereocenters. The lowest BCUT2D eigenvalue weighted by molar-refractivity contribution is -0.108. The topological polar surface area (TPSA) is 101 Å². The van der Waals surface area contributed by atoms with Gasteiger partial charge in [-0.25, -0.2) is 15.0 Å². The van der Waals surface area contributed by atoms with E-state index in [2.05, 4.69) is 19.9 Å². The molecule has 0 bridgehead atoms. The number of H-pyrrole nitrogens is 1. The number of aromatic hydroxyl groups is 1. The summed E-state index contributed by atoms with van der Waals surface area (Å²) in [6.07, 6.45) is 7.15. The predicted molar refractivity (Wildman–Crippen MR) is 114 cm³/mol. The average Bonchev–Trinajstić information content (AvgIpc) is 3.19. The molecule has 0 spiro atoms. The number of unbranched alkanes of at least 4 members (excludes halogenated alkanes) is 1. The maximum Gasteiger partial charge on any atom is 0.181 e. The van der Waals surface area contributed by atoms with Gasteiger partial charge in [-0.15, -0.1) is 11.8 Å². The molecule has 0 aliphatic rings. The standard InChI is InChI=1S/C21H26N4O3S/c1-14(7-8-26)11-16-5-6-17(15(2)19(16)27)28-9-3-4-10-29-21-18-20(23-12-22-18)24-13-25-21/h5-6,8,12-14,27H,3-4,7,9-11H2,1-2H3,(H,22,23,24,25). The van der Waals surface area contributed by atoms with Crippen LogP contribution in [-0.2, 0) is 11.2 Å². The summed E-state index contributed by atoms with van der Waals surface area (Å²) in [5.41, 5.74) is 3.17. The van der Waals surface area contributed by atoms with Gasteiger partial charge in [0.05, 0.1) is 12.9 Å². The van der Waals surface area contributed by atoms with Crippen LogP contribution < -0.4 is 4.74 Å². The van der Waals surface area contributed by atoms with Crippen molar-refractivity contribution in [1.82, 2.24) is 19.9 Å². The second kappa shape index (κ2) is 10.2. The molecule has 0 amide bonds. The number of aromatic nitrogens is 4. The van der Waals surface area contributed by atoms with Gasteiger partial charge in [0.1, 0.15) is 34.7 Å². The van der Waals surface area contributed by atoms with Gasteiger partial charge in [0.15, 0.2) is 5.65 Å². The predicted octanol–water partition coefficient (Wildman–Crippen LogP) is 4.09. The van der Waals surface area contributed by atoms with Crippen LogP contribution in [0.15, 0.2) is 29.8 Å². The molecule has 0 aliphatic carbocycles. The number of ether oxygens (including phenoxy) is 1. The van der Waals surface area contributed by atoms with Crippen LogP contribution in [0.3, 0.4) is 0 Å². The van der Waals surface area contributed by atoms with Gasteiger partial charge in [0.25, 0.3) is 0 Å². The van der Waals surface area contributed by atoms with E-state index in [1.165, 1.54) is 6.33 Å². The molecule has 0 fully saturated rings. The lowest BCUT2D eigenvalue weighted by Gasteiger charge is -2.15. The summed E-state index contributed by atoms with van der Waals surface area (Å²) in [6.45, 7) is 4.45. The first-order valence-electron chi connectivity index (χ1n) is 9.75. The van der Waals surface area contributed by atoms with Crippen molar-refractivity contribution in [1.29, 1.82) is 0 Å². The second-order valence-electron chi connectivity index (χ2n) is 7.09. The maximum absolute atomic E-state index is 10.6. The Kier molecular flexibility index (Phi) is 7.46. The summed E-state index contributed by atoms with van der Waals surface area (Å²) in [5, 5.41) is 11.4. The van der Waals surface area contributed by atoms with Gasteiger partial charge in [0.2, 0.25) is 0 Å². The Hall–Kier alpha value is -2.61. The van der Waals surface area contributed by atoms with Gasteiger partial charge in [0, 0.05) is 12.0 Å². The van der Waals surface area contributed by atoms with Gasteiger partial charge in [-0.05, 0) is 49.5 Å². The molecular formula is C21H26N4O3S. The number of fused-ring (bicyclic) bond motifs is 1. The fourth-order valence-electron chi connectivity index (χ4n) is 3.09. The zero-order valence-electron chi connectivity index (χ0n) is 16.7. The van der Waals surface area contributed by atoms with Crippen molar-refractivity contribution < 1.29 is 14.6 Å². The van der Waals surface area contributed by atoms with Crippen molar-refractivity contribution in [3.8, 4) is 11.5 Å². The molecule has 1 aromatic carbocycles. The molecule has 2 heterocycles. The molecule has 0 radical (unpaired) electrons. The third-order valence-corrected chi connectivity index (χ3v) is 5.83. The van der Waals surface area contributed by atoms with Crippen LogP contribution in [0.2, 0.25) is 0 Å². The zero-order chi connectivity index (χ0) is 20.6. The van der Waals surface area contributed by atoms with Crippen LogP contribution >= 0.6 is 11.8 Å². The maximum atomic E-state index is 10.6. The average molecular weight is 415 g/mol. The highest BCUT2D eigenvalue weighted by Crippen LogP contribution is 2.32. The molecule has 8 heteroatoms. The Balaban J connectivity index is 1.44. The van der Waals surface area contributed by atoms with E-state index in [1.807, 2.05) is 26.0 Å². The number of benzene rings is 1. The third kappa shape index (κ3) is 5.47. The number of carbonyl (C=O) groups excluding carboxylic acids is 1. The number of aromatic amines is 1. The van der Waals surface area contributed by atoms with Gasteiger partial charge in [-0.2, -0.15) is 0 Å². The van der Waals surface area contributed by atoms with E-state index >= 15 is 0 Å². The van der Waals surface area contributed by atoms with E-state index in [4.69, 9.17) is 4.74 Å². The fraction of sp³-hybridized carbons (Fsp3) is 0.429. The quantitative estimate of drug-likeness (QED) is 0.211. The van der Waals surface area contributed by atoms with E-state index in [0.29, 0.717) is 30.8 Å². The first-order chi connectivity index (χ1) is 14.1. The summed E-state index contributed by atoms with van der Waals surface area (Å²) >= 11 is 1.68. The second-order valence-corrected chi connectivity index (χ2v) is 8.18. The lowest BCUT2D eigenvalue weighted by atomic mass is 9.96. The normalized spacial score (nSPS) is 12.2. The van der Waals surface area contributed by atoms with E-state index < -0.39 is 0 Å². The summed E-state index contributed by atoms with van der Waals surface area (Å²) in [6, 6.07) is 3.79. The lowest BCUT2D eigenvalue weighted by Crippen LogP contribution is -2.03. The van der Waals surface area contributed by atoms with Crippen LogP contribution in [0, 0.1) is 12.8 Å². The van der Waals surface area contributed by atoms with Crippen LogP contribution in [0.4, 0.5) is 0 Å². The minimum absolute atomic E-state index is 0.208. The first kappa shape index (κ1) is 21.1. The summed E-state index contributed by atoms with van der Waals surface area (Å²) < 4.78 is 5.87. The first-order valence-corrected chi connectivity index (χ1v) is 10.7.